The van der Waals surface area contributed by atoms with Gasteiger partial charge in [0.2, 0.25) is 5.28 Å². The van der Waals surface area contributed by atoms with Gasteiger partial charge in [-0.1, -0.05) is 0 Å². The minimum absolute atomic E-state index is 0.0599. The maximum atomic E-state index is 13.0. The molecular weight excluding hydrogens is 351 g/mol. The molecule has 0 aliphatic heterocycles. The summed E-state index contributed by atoms with van der Waals surface area (Å²) in [4.78, 5) is 32.3. The lowest BCUT2D eigenvalue weighted by atomic mass is 10.0. The molecule has 4 N–H and O–H groups in total. The van der Waals surface area contributed by atoms with Gasteiger partial charge in [0.15, 0.2) is 11.5 Å². The minimum Gasteiger partial charge on any atom is -0.455 e. The minimum atomic E-state index is -0.785. The first-order chi connectivity index (χ1) is 11.7. The Balaban J connectivity index is 0.00000151. The van der Waals surface area contributed by atoms with E-state index in [1.165, 1.54) is 12.1 Å². The summed E-state index contributed by atoms with van der Waals surface area (Å²) in [6, 6.07) is 4.92. The van der Waals surface area contributed by atoms with E-state index < -0.39 is 23.2 Å². The predicted octanol–water partition coefficient (Wildman–Crippen LogP) is 2.27. The van der Waals surface area contributed by atoms with Gasteiger partial charge in [-0.2, -0.15) is 0 Å². The zero-order valence-corrected chi connectivity index (χ0v) is 14.7. The van der Waals surface area contributed by atoms with Gasteiger partial charge in [-0.05, 0) is 56.6 Å². The maximum absolute atomic E-state index is 13.0. The Labute approximate surface area is 149 Å². The number of carbonyl (C=O) groups excluding carboxylic acids is 2. The molecule has 2 rings (SSSR count). The fourth-order valence-electron chi connectivity index (χ4n) is 1.77. The zero-order chi connectivity index (χ0) is 19.2. The second-order valence-electron chi connectivity index (χ2n) is 5.74. The first-order valence-corrected chi connectivity index (χ1v) is 7.44. The first kappa shape index (κ1) is 20.6. The van der Waals surface area contributed by atoms with Crippen molar-refractivity contribution in [2.75, 3.05) is 0 Å². The molecule has 0 aliphatic rings. The van der Waals surface area contributed by atoms with Crippen LogP contribution in [-0.2, 0) is 4.74 Å². The van der Waals surface area contributed by atoms with Crippen LogP contribution in [-0.4, -0.2) is 27.3 Å². The Kier molecular flexibility index (Phi) is 7.10. The molecule has 134 valence electrons. The number of halogens is 2. The van der Waals surface area contributed by atoms with Gasteiger partial charge in [0.05, 0.1) is 5.56 Å². The monoisotopic (exact) mass is 368 g/mol. The van der Waals surface area contributed by atoms with E-state index in [4.69, 9.17) is 16.3 Å². The number of carbonyl (C=O) groups is 2. The number of nitrogens with zero attached hydrogens (tertiary/aromatic N) is 2. The molecule has 0 spiro atoms. The third kappa shape index (κ3) is 5.86. The molecule has 0 aliphatic carbocycles. The molecule has 25 heavy (non-hydrogen) atoms. The van der Waals surface area contributed by atoms with E-state index in [1.54, 1.807) is 20.8 Å². The number of rotatable bonds is 3. The zero-order valence-electron chi connectivity index (χ0n) is 13.9. The lowest BCUT2D eigenvalue weighted by molar-refractivity contribution is 0.00608. The number of hydrogen-bond acceptors (Lipinski definition) is 7. The Morgan fingerprint density at radius 2 is 1.72 bits per heavy atom. The largest absolute Gasteiger partial charge is 0.455 e. The van der Waals surface area contributed by atoms with Crippen molar-refractivity contribution in [3.8, 4) is 0 Å². The van der Waals surface area contributed by atoms with Crippen LogP contribution in [0.15, 0.2) is 30.5 Å². The molecule has 7 nitrogen and oxygen atoms in total. The quantitative estimate of drug-likeness (QED) is 0.280. The van der Waals surface area contributed by atoms with Crippen LogP contribution in [0.1, 0.15) is 47.2 Å². The molecule has 0 bridgehead atoms. The van der Waals surface area contributed by atoms with Gasteiger partial charge < -0.3 is 4.74 Å². The van der Waals surface area contributed by atoms with Crippen molar-refractivity contribution in [1.82, 2.24) is 9.97 Å². The highest BCUT2D eigenvalue weighted by Gasteiger charge is 2.26. The summed E-state index contributed by atoms with van der Waals surface area (Å²) in [6.07, 6.45) is 1.15. The molecule has 9 heteroatoms. The van der Waals surface area contributed by atoms with Crippen molar-refractivity contribution in [2.45, 2.75) is 26.4 Å². The van der Waals surface area contributed by atoms with Gasteiger partial charge in [0.1, 0.15) is 11.4 Å². The summed E-state index contributed by atoms with van der Waals surface area (Å²) in [6.45, 7) is 5.07. The van der Waals surface area contributed by atoms with E-state index in [-0.39, 0.29) is 22.1 Å². The number of esters is 1. The van der Waals surface area contributed by atoms with Crippen LogP contribution in [0.4, 0.5) is 4.39 Å². The van der Waals surface area contributed by atoms with Gasteiger partial charge in [-0.3, -0.25) is 16.5 Å². The van der Waals surface area contributed by atoms with Crippen LogP contribution in [0.2, 0.25) is 5.28 Å². The van der Waals surface area contributed by atoms with E-state index in [1.807, 2.05) is 0 Å². The molecule has 1 heterocycles. The fourth-order valence-corrected chi connectivity index (χ4v) is 1.90. The molecule has 0 atom stereocenters. The molecule has 1 aromatic heterocycles. The van der Waals surface area contributed by atoms with E-state index >= 15 is 0 Å². The molecule has 0 saturated heterocycles. The van der Waals surface area contributed by atoms with Crippen LogP contribution in [0.3, 0.4) is 0 Å². The fraction of sp³-hybridized carbons (Fsp3) is 0.250. The summed E-state index contributed by atoms with van der Waals surface area (Å²) in [7, 11) is 0. The average Bonchev–Trinajstić information content (AvgIpc) is 2.55. The van der Waals surface area contributed by atoms with Crippen LogP contribution >= 0.6 is 11.6 Å². The lowest BCUT2D eigenvalue weighted by Gasteiger charge is -2.19. The number of ether oxygens (including phenoxy) is 1. The van der Waals surface area contributed by atoms with Crippen molar-refractivity contribution in [1.29, 1.82) is 0 Å². The molecule has 0 fully saturated rings. The molecule has 0 radical (unpaired) electrons. The van der Waals surface area contributed by atoms with Gasteiger partial charge in [-0.25, -0.2) is 19.2 Å². The van der Waals surface area contributed by atoms with E-state index in [0.29, 0.717) is 0 Å². The Hall–Kier alpha value is -2.42. The van der Waals surface area contributed by atoms with Crippen molar-refractivity contribution in [3.05, 3.63) is 58.4 Å². The van der Waals surface area contributed by atoms with E-state index in [9.17, 15) is 14.0 Å². The van der Waals surface area contributed by atoms with Crippen molar-refractivity contribution >= 4 is 23.4 Å². The number of nitrogens with two attached hydrogens (primary N) is 2. The molecular formula is C16H18ClFN4O3. The highest BCUT2D eigenvalue weighted by atomic mass is 35.5. The van der Waals surface area contributed by atoms with Crippen LogP contribution in [0, 0.1) is 5.82 Å². The summed E-state index contributed by atoms with van der Waals surface area (Å²) in [5.41, 5.74) is -0.850. The van der Waals surface area contributed by atoms with E-state index in [0.717, 1.165) is 18.3 Å². The smallest absolute Gasteiger partial charge is 0.358 e. The highest BCUT2D eigenvalue weighted by Crippen LogP contribution is 2.18. The SMILES string of the molecule is CC(C)(C)OC(=O)c1nc(Cl)ncc1C(=O)c1ccc(F)cc1.NN. The first-order valence-electron chi connectivity index (χ1n) is 7.07. The van der Waals surface area contributed by atoms with Crippen LogP contribution in [0.5, 0.6) is 0 Å². The Bertz CT molecular complexity index is 761. The number of hydrogen-bond donors (Lipinski definition) is 2. The average molecular weight is 369 g/mol. The van der Waals surface area contributed by atoms with Crippen LogP contribution < -0.4 is 11.7 Å². The number of hydrazine groups is 1. The normalized spacial score (nSPS) is 10.5. The molecule has 0 unspecified atom stereocenters. The topological polar surface area (TPSA) is 121 Å². The molecule has 1 aromatic carbocycles. The Morgan fingerprint density at radius 1 is 1.16 bits per heavy atom. The highest BCUT2D eigenvalue weighted by molar-refractivity contribution is 6.28. The van der Waals surface area contributed by atoms with Gasteiger partial charge >= 0.3 is 5.97 Å². The number of aromatic nitrogens is 2. The Morgan fingerprint density at radius 3 is 2.24 bits per heavy atom. The summed E-state index contributed by atoms with van der Waals surface area (Å²) < 4.78 is 18.2. The maximum Gasteiger partial charge on any atom is 0.358 e. The third-order valence-corrected chi connectivity index (χ3v) is 2.88. The predicted molar refractivity (Wildman–Crippen MR) is 90.4 cm³/mol. The van der Waals surface area contributed by atoms with Crippen molar-refractivity contribution in [3.63, 3.8) is 0 Å². The summed E-state index contributed by atoms with van der Waals surface area (Å²) >= 11 is 5.71. The summed E-state index contributed by atoms with van der Waals surface area (Å²) in [5.74, 6) is 6.22. The molecule has 2 aromatic rings. The van der Waals surface area contributed by atoms with Crippen molar-refractivity contribution < 1.29 is 18.7 Å². The van der Waals surface area contributed by atoms with Gasteiger partial charge in [0, 0.05) is 11.8 Å². The number of ketones is 1. The standard InChI is InChI=1S/C16H14ClFN2O3.H4N2/c1-16(2,3)23-14(22)12-11(8-19-15(17)20-12)13(21)9-4-6-10(18)7-5-9;1-2/h4-8H,1-3H3;1-2H2. The molecule has 0 amide bonds. The van der Waals surface area contributed by atoms with Gasteiger partial charge in [0.25, 0.3) is 0 Å². The summed E-state index contributed by atoms with van der Waals surface area (Å²) in [5, 5.41) is -0.179. The third-order valence-electron chi connectivity index (χ3n) is 2.70. The van der Waals surface area contributed by atoms with Crippen molar-refractivity contribution in [2.24, 2.45) is 11.7 Å². The second-order valence-corrected chi connectivity index (χ2v) is 6.08. The van der Waals surface area contributed by atoms with E-state index in [2.05, 4.69) is 21.7 Å². The lowest BCUT2D eigenvalue weighted by Crippen LogP contribution is -2.26. The molecule has 0 saturated carbocycles. The number of benzene rings is 1. The second kappa shape index (κ2) is 8.61. The van der Waals surface area contributed by atoms with Gasteiger partial charge in [-0.15, -0.1) is 0 Å². The van der Waals surface area contributed by atoms with Crippen LogP contribution in [0.25, 0.3) is 0 Å².